The minimum Gasteiger partial charge on any atom is -0.183 e. The van der Waals surface area contributed by atoms with E-state index in [4.69, 9.17) is 0 Å². The van der Waals surface area contributed by atoms with Crippen LogP contribution in [0.2, 0.25) is 0 Å². The van der Waals surface area contributed by atoms with Crippen LogP contribution in [0.5, 0.6) is 0 Å². The third kappa shape index (κ3) is 3.14. The van der Waals surface area contributed by atoms with Gasteiger partial charge in [-0.25, -0.2) is 0 Å². The molecule has 1 aromatic heterocycles. The Morgan fingerprint density at radius 1 is 1.21 bits per heavy atom. The average Bonchev–Trinajstić information content (AvgIpc) is 2.80. The number of hydrogen-bond donors (Lipinski definition) is 0. The van der Waals surface area contributed by atoms with Gasteiger partial charge in [-0.3, -0.25) is 0 Å². The van der Waals surface area contributed by atoms with E-state index in [0.717, 1.165) is 11.8 Å². The van der Waals surface area contributed by atoms with Crippen molar-refractivity contribution in [2.75, 3.05) is 6.26 Å². The molecular formula is C11H9F3N4S. The van der Waals surface area contributed by atoms with E-state index in [2.05, 4.69) is 15.3 Å². The molecule has 1 heterocycles. The fourth-order valence-corrected chi connectivity index (χ4v) is 1.77. The lowest BCUT2D eigenvalue weighted by Gasteiger charge is -2.05. The molecule has 0 amide bonds. The predicted octanol–water partition coefficient (Wildman–Crippen LogP) is 2.90. The summed E-state index contributed by atoms with van der Waals surface area (Å²) in [6.45, 7) is 0. The monoisotopic (exact) mass is 286 g/mol. The molecule has 100 valence electrons. The zero-order valence-electron chi connectivity index (χ0n) is 9.80. The zero-order chi connectivity index (χ0) is 13.9. The second kappa shape index (κ2) is 5.43. The Balaban J connectivity index is 2.39. The van der Waals surface area contributed by atoms with Crippen LogP contribution in [0.3, 0.4) is 0 Å². The van der Waals surface area contributed by atoms with Gasteiger partial charge in [0.2, 0.25) is 5.16 Å². The first-order valence-electron chi connectivity index (χ1n) is 5.18. The van der Waals surface area contributed by atoms with Crippen LogP contribution in [0.15, 0.2) is 40.6 Å². The largest absolute Gasteiger partial charge is 0.453 e. The highest BCUT2D eigenvalue weighted by Gasteiger charge is 2.38. The maximum Gasteiger partial charge on any atom is 0.453 e. The summed E-state index contributed by atoms with van der Waals surface area (Å²) in [6, 6.07) is 8.83. The van der Waals surface area contributed by atoms with Gasteiger partial charge in [-0.2, -0.15) is 22.9 Å². The molecule has 0 saturated carbocycles. The average molecular weight is 286 g/mol. The molecule has 0 unspecified atom stereocenters. The number of halogens is 3. The summed E-state index contributed by atoms with van der Waals surface area (Å²) in [6.07, 6.45) is -1.65. The lowest BCUT2D eigenvalue weighted by atomic mass is 10.2. The van der Waals surface area contributed by atoms with E-state index in [1.54, 1.807) is 30.5 Å². The fourth-order valence-electron chi connectivity index (χ4n) is 1.34. The molecule has 1 aromatic carbocycles. The second-order valence-corrected chi connectivity index (χ2v) is 4.25. The Labute approximate surface area is 111 Å². The van der Waals surface area contributed by atoms with Crippen LogP contribution in [-0.2, 0) is 6.18 Å². The minimum atomic E-state index is -4.59. The molecule has 0 atom stereocenters. The van der Waals surface area contributed by atoms with Crippen LogP contribution in [0, 0.1) is 0 Å². The van der Waals surface area contributed by atoms with Gasteiger partial charge in [-0.1, -0.05) is 42.1 Å². The summed E-state index contributed by atoms with van der Waals surface area (Å²) in [5, 5.41) is 10.5. The summed E-state index contributed by atoms with van der Waals surface area (Å²) < 4.78 is 38.8. The third-order valence-corrected chi connectivity index (χ3v) is 2.79. The van der Waals surface area contributed by atoms with Gasteiger partial charge in [-0.05, 0) is 11.8 Å². The Morgan fingerprint density at radius 3 is 2.47 bits per heavy atom. The predicted molar refractivity (Wildman–Crippen MR) is 66.2 cm³/mol. The highest BCUT2D eigenvalue weighted by Crippen LogP contribution is 2.29. The van der Waals surface area contributed by atoms with Crippen molar-refractivity contribution in [2.45, 2.75) is 11.3 Å². The molecule has 0 N–H and O–H groups in total. The summed E-state index contributed by atoms with van der Waals surface area (Å²) in [5.41, 5.74) is 0.691. The van der Waals surface area contributed by atoms with Gasteiger partial charge in [0, 0.05) is 0 Å². The zero-order valence-corrected chi connectivity index (χ0v) is 10.6. The van der Waals surface area contributed by atoms with Gasteiger partial charge in [0.05, 0.1) is 6.21 Å². The Kier molecular flexibility index (Phi) is 3.89. The maximum atomic E-state index is 12.7. The first-order chi connectivity index (χ1) is 9.02. The standard InChI is InChI=1S/C11H9F3N4S/c1-19-10-17-16-9(11(12,13)14)18(10)15-7-8-5-3-2-4-6-8/h2-7H,1H3/b15-7+. The first kappa shape index (κ1) is 13.6. The van der Waals surface area contributed by atoms with Crippen LogP contribution in [0.4, 0.5) is 13.2 Å². The van der Waals surface area contributed by atoms with Crippen LogP contribution < -0.4 is 0 Å². The highest BCUT2D eigenvalue weighted by atomic mass is 32.2. The molecule has 0 radical (unpaired) electrons. The third-order valence-electron chi connectivity index (χ3n) is 2.17. The molecule has 2 aromatic rings. The lowest BCUT2D eigenvalue weighted by Crippen LogP contribution is -2.13. The lowest BCUT2D eigenvalue weighted by molar-refractivity contribution is -0.147. The number of benzene rings is 1. The molecule has 19 heavy (non-hydrogen) atoms. The van der Waals surface area contributed by atoms with Crippen molar-refractivity contribution in [2.24, 2.45) is 5.10 Å². The van der Waals surface area contributed by atoms with Crippen molar-refractivity contribution in [1.29, 1.82) is 0 Å². The molecule has 2 rings (SSSR count). The van der Waals surface area contributed by atoms with Crippen molar-refractivity contribution in [3.8, 4) is 0 Å². The van der Waals surface area contributed by atoms with E-state index < -0.39 is 12.0 Å². The second-order valence-electron chi connectivity index (χ2n) is 3.48. The van der Waals surface area contributed by atoms with E-state index in [1.165, 1.54) is 6.21 Å². The molecular weight excluding hydrogens is 277 g/mol. The number of alkyl halides is 3. The van der Waals surface area contributed by atoms with E-state index in [0.29, 0.717) is 10.2 Å². The smallest absolute Gasteiger partial charge is 0.183 e. The van der Waals surface area contributed by atoms with Gasteiger partial charge >= 0.3 is 6.18 Å². The molecule has 0 spiro atoms. The molecule has 8 heteroatoms. The molecule has 0 bridgehead atoms. The molecule has 0 aliphatic rings. The fraction of sp³-hybridized carbons (Fsp3) is 0.182. The van der Waals surface area contributed by atoms with Crippen LogP contribution in [0.25, 0.3) is 0 Å². The van der Waals surface area contributed by atoms with Crippen LogP contribution in [0.1, 0.15) is 11.4 Å². The van der Waals surface area contributed by atoms with Gasteiger partial charge in [-0.15, -0.1) is 10.2 Å². The molecule has 0 fully saturated rings. The Bertz CT molecular complexity index is 577. The van der Waals surface area contributed by atoms with Gasteiger partial charge in [0.15, 0.2) is 0 Å². The van der Waals surface area contributed by atoms with Crippen LogP contribution in [-0.4, -0.2) is 27.3 Å². The number of nitrogens with zero attached hydrogens (tertiary/aromatic N) is 4. The minimum absolute atomic E-state index is 0.0829. The normalized spacial score (nSPS) is 12.2. The number of rotatable bonds is 3. The van der Waals surface area contributed by atoms with E-state index >= 15 is 0 Å². The van der Waals surface area contributed by atoms with Crippen molar-refractivity contribution < 1.29 is 13.2 Å². The summed E-state index contributed by atoms with van der Waals surface area (Å²) in [5.74, 6) is -1.14. The molecule has 0 saturated heterocycles. The van der Waals surface area contributed by atoms with Gasteiger partial charge < -0.3 is 0 Å². The Hall–Kier alpha value is -1.83. The molecule has 4 nitrogen and oxygen atoms in total. The summed E-state index contributed by atoms with van der Waals surface area (Å²) in [4.78, 5) is 0. The van der Waals surface area contributed by atoms with Crippen molar-refractivity contribution >= 4 is 18.0 Å². The van der Waals surface area contributed by atoms with Crippen LogP contribution >= 0.6 is 11.8 Å². The molecule has 0 aliphatic carbocycles. The summed E-state index contributed by atoms with van der Waals surface area (Å²) in [7, 11) is 0. The van der Waals surface area contributed by atoms with Crippen molar-refractivity contribution in [1.82, 2.24) is 14.9 Å². The number of aromatic nitrogens is 3. The SMILES string of the molecule is CSc1nnc(C(F)(F)F)n1/N=C/c1ccccc1. The first-order valence-corrected chi connectivity index (χ1v) is 6.41. The van der Waals surface area contributed by atoms with Gasteiger partial charge in [0.1, 0.15) is 0 Å². The number of hydrogen-bond acceptors (Lipinski definition) is 4. The number of thioether (sulfide) groups is 1. The van der Waals surface area contributed by atoms with Crippen molar-refractivity contribution in [3.05, 3.63) is 41.7 Å². The van der Waals surface area contributed by atoms with Crippen molar-refractivity contribution in [3.63, 3.8) is 0 Å². The molecule has 0 aliphatic heterocycles. The van der Waals surface area contributed by atoms with E-state index in [1.807, 2.05) is 6.07 Å². The quantitative estimate of drug-likeness (QED) is 0.643. The Morgan fingerprint density at radius 2 is 1.89 bits per heavy atom. The van der Waals surface area contributed by atoms with E-state index in [9.17, 15) is 13.2 Å². The highest BCUT2D eigenvalue weighted by molar-refractivity contribution is 7.98. The summed E-state index contributed by atoms with van der Waals surface area (Å²) >= 11 is 1.04. The maximum absolute atomic E-state index is 12.7. The van der Waals surface area contributed by atoms with Gasteiger partial charge in [0.25, 0.3) is 5.82 Å². The van der Waals surface area contributed by atoms with E-state index in [-0.39, 0.29) is 5.16 Å². The topological polar surface area (TPSA) is 43.1 Å².